The van der Waals surface area contributed by atoms with Crippen molar-refractivity contribution in [3.05, 3.63) is 35.0 Å². The SMILES string of the molecule is c1cnc(NCc2nccs2)nc1. The van der Waals surface area contributed by atoms with Gasteiger partial charge in [-0.2, -0.15) is 0 Å². The van der Waals surface area contributed by atoms with Crippen LogP contribution in [0.25, 0.3) is 0 Å². The van der Waals surface area contributed by atoms with E-state index in [9.17, 15) is 0 Å². The summed E-state index contributed by atoms with van der Waals surface area (Å²) in [4.78, 5) is 12.2. The first kappa shape index (κ1) is 8.12. The van der Waals surface area contributed by atoms with E-state index in [0.29, 0.717) is 12.5 Å². The minimum absolute atomic E-state index is 0.637. The van der Waals surface area contributed by atoms with Crippen molar-refractivity contribution in [3.8, 4) is 0 Å². The third-order valence-electron chi connectivity index (χ3n) is 1.45. The molecule has 0 unspecified atom stereocenters. The van der Waals surface area contributed by atoms with Gasteiger partial charge in [0.1, 0.15) is 5.01 Å². The van der Waals surface area contributed by atoms with Crippen LogP contribution >= 0.6 is 11.3 Å². The second kappa shape index (κ2) is 3.95. The summed E-state index contributed by atoms with van der Waals surface area (Å²) in [7, 11) is 0. The molecule has 2 heterocycles. The van der Waals surface area contributed by atoms with Gasteiger partial charge in [-0.3, -0.25) is 0 Å². The van der Waals surface area contributed by atoms with Crippen LogP contribution in [-0.4, -0.2) is 15.0 Å². The fraction of sp³-hybridized carbons (Fsp3) is 0.125. The summed E-state index contributed by atoms with van der Waals surface area (Å²) in [6.45, 7) is 0.682. The first-order valence-electron chi connectivity index (χ1n) is 3.84. The van der Waals surface area contributed by atoms with E-state index in [2.05, 4.69) is 20.3 Å². The van der Waals surface area contributed by atoms with Crippen molar-refractivity contribution in [1.82, 2.24) is 15.0 Å². The fourth-order valence-corrected chi connectivity index (χ4v) is 1.44. The molecule has 0 spiro atoms. The van der Waals surface area contributed by atoms with Crippen LogP contribution in [0.15, 0.2) is 30.0 Å². The lowest BCUT2D eigenvalue weighted by Crippen LogP contribution is -2.02. The highest BCUT2D eigenvalue weighted by Gasteiger charge is 1.95. The Kier molecular flexibility index (Phi) is 2.47. The van der Waals surface area contributed by atoms with Gasteiger partial charge in [0.2, 0.25) is 5.95 Å². The highest BCUT2D eigenvalue weighted by Crippen LogP contribution is 2.05. The Bertz CT molecular complexity index is 346. The van der Waals surface area contributed by atoms with Crippen molar-refractivity contribution in [3.63, 3.8) is 0 Å². The molecule has 2 aromatic rings. The molecule has 0 aliphatic rings. The third-order valence-corrected chi connectivity index (χ3v) is 2.23. The molecule has 0 saturated carbocycles. The van der Waals surface area contributed by atoms with Gasteiger partial charge in [-0.25, -0.2) is 15.0 Å². The van der Waals surface area contributed by atoms with E-state index >= 15 is 0 Å². The second-order valence-corrected chi connectivity index (χ2v) is 3.33. The van der Waals surface area contributed by atoms with Gasteiger partial charge in [-0.15, -0.1) is 11.3 Å². The number of anilines is 1. The monoisotopic (exact) mass is 192 g/mol. The van der Waals surface area contributed by atoms with Crippen molar-refractivity contribution in [2.75, 3.05) is 5.32 Å². The molecule has 66 valence electrons. The van der Waals surface area contributed by atoms with E-state index in [4.69, 9.17) is 0 Å². The molecule has 0 aliphatic carbocycles. The Morgan fingerprint density at radius 2 is 2.00 bits per heavy atom. The number of aromatic nitrogens is 3. The average molecular weight is 192 g/mol. The van der Waals surface area contributed by atoms with E-state index in [1.807, 2.05) is 5.38 Å². The van der Waals surface area contributed by atoms with Crippen LogP contribution in [0.4, 0.5) is 5.95 Å². The molecule has 0 aliphatic heterocycles. The first-order chi connectivity index (χ1) is 6.45. The molecule has 4 nitrogen and oxygen atoms in total. The van der Waals surface area contributed by atoms with Gasteiger partial charge >= 0.3 is 0 Å². The summed E-state index contributed by atoms with van der Waals surface area (Å²) in [5.41, 5.74) is 0. The minimum Gasteiger partial charge on any atom is -0.348 e. The predicted octanol–water partition coefficient (Wildman–Crippen LogP) is 1.55. The molecule has 0 amide bonds. The number of rotatable bonds is 3. The molecule has 13 heavy (non-hydrogen) atoms. The third kappa shape index (κ3) is 2.22. The Balaban J connectivity index is 1.94. The minimum atomic E-state index is 0.637. The van der Waals surface area contributed by atoms with E-state index in [-0.39, 0.29) is 0 Å². The summed E-state index contributed by atoms with van der Waals surface area (Å²) in [6.07, 6.45) is 5.20. The zero-order valence-electron chi connectivity index (χ0n) is 6.84. The largest absolute Gasteiger partial charge is 0.348 e. The quantitative estimate of drug-likeness (QED) is 0.801. The summed E-state index contributed by atoms with van der Waals surface area (Å²) in [5, 5.41) is 6.05. The van der Waals surface area contributed by atoms with Gasteiger partial charge in [-0.1, -0.05) is 0 Å². The van der Waals surface area contributed by atoms with Crippen molar-refractivity contribution >= 4 is 17.3 Å². The molecule has 2 aromatic heterocycles. The van der Waals surface area contributed by atoms with Crippen LogP contribution in [0.2, 0.25) is 0 Å². The summed E-state index contributed by atoms with van der Waals surface area (Å²) in [6, 6.07) is 1.79. The fourth-order valence-electron chi connectivity index (χ4n) is 0.885. The Hall–Kier alpha value is -1.49. The molecule has 0 radical (unpaired) electrons. The summed E-state index contributed by atoms with van der Waals surface area (Å²) in [5.74, 6) is 0.637. The van der Waals surface area contributed by atoms with Gasteiger partial charge in [-0.05, 0) is 6.07 Å². The maximum absolute atomic E-state index is 4.13. The highest BCUT2D eigenvalue weighted by molar-refractivity contribution is 7.09. The zero-order valence-corrected chi connectivity index (χ0v) is 7.66. The normalized spacial score (nSPS) is 9.85. The number of hydrogen-bond acceptors (Lipinski definition) is 5. The van der Waals surface area contributed by atoms with Gasteiger partial charge in [0.15, 0.2) is 0 Å². The molecular formula is C8H8N4S. The maximum Gasteiger partial charge on any atom is 0.222 e. The van der Waals surface area contributed by atoms with Gasteiger partial charge in [0.25, 0.3) is 0 Å². The molecule has 0 saturated heterocycles. The van der Waals surface area contributed by atoms with Crippen LogP contribution in [-0.2, 0) is 6.54 Å². The average Bonchev–Trinajstić information content (AvgIpc) is 2.69. The van der Waals surface area contributed by atoms with Crippen molar-refractivity contribution in [2.24, 2.45) is 0 Å². The van der Waals surface area contributed by atoms with Crippen LogP contribution in [0.5, 0.6) is 0 Å². The number of nitrogens with one attached hydrogen (secondary N) is 1. The zero-order chi connectivity index (χ0) is 8.93. The Morgan fingerprint density at radius 3 is 2.69 bits per heavy atom. The van der Waals surface area contributed by atoms with Gasteiger partial charge in [0, 0.05) is 24.0 Å². The van der Waals surface area contributed by atoms with Gasteiger partial charge < -0.3 is 5.32 Å². The number of nitrogens with zero attached hydrogens (tertiary/aromatic N) is 3. The molecule has 0 atom stereocenters. The Morgan fingerprint density at radius 1 is 1.15 bits per heavy atom. The molecular weight excluding hydrogens is 184 g/mol. The topological polar surface area (TPSA) is 50.7 Å². The predicted molar refractivity (Wildman–Crippen MR) is 51.5 cm³/mol. The Labute approximate surface area is 79.7 Å². The van der Waals surface area contributed by atoms with Crippen molar-refractivity contribution in [2.45, 2.75) is 6.54 Å². The van der Waals surface area contributed by atoms with Crippen LogP contribution in [0.1, 0.15) is 5.01 Å². The van der Waals surface area contributed by atoms with E-state index in [1.165, 1.54) is 0 Å². The second-order valence-electron chi connectivity index (χ2n) is 2.35. The lowest BCUT2D eigenvalue weighted by atomic mass is 10.6. The molecule has 2 rings (SSSR count). The summed E-state index contributed by atoms with van der Waals surface area (Å²) >= 11 is 1.61. The molecule has 5 heteroatoms. The molecule has 0 aromatic carbocycles. The standard InChI is InChI=1S/C8H8N4S/c1-2-10-8(11-3-1)12-6-7-9-4-5-13-7/h1-5H,6H2,(H,10,11,12). The maximum atomic E-state index is 4.13. The first-order valence-corrected chi connectivity index (χ1v) is 4.72. The van der Waals surface area contributed by atoms with Gasteiger partial charge in [0.05, 0.1) is 6.54 Å². The highest BCUT2D eigenvalue weighted by atomic mass is 32.1. The molecule has 1 N–H and O–H groups in total. The molecule has 0 bridgehead atoms. The van der Waals surface area contributed by atoms with Crippen LogP contribution < -0.4 is 5.32 Å². The lowest BCUT2D eigenvalue weighted by Gasteiger charge is -1.99. The van der Waals surface area contributed by atoms with E-state index < -0.39 is 0 Å². The van der Waals surface area contributed by atoms with E-state index in [1.54, 1.807) is 36.0 Å². The van der Waals surface area contributed by atoms with Crippen LogP contribution in [0, 0.1) is 0 Å². The molecule has 0 fully saturated rings. The number of thiazole rings is 1. The van der Waals surface area contributed by atoms with Crippen molar-refractivity contribution in [1.29, 1.82) is 0 Å². The smallest absolute Gasteiger partial charge is 0.222 e. The van der Waals surface area contributed by atoms with Crippen LogP contribution in [0.3, 0.4) is 0 Å². The lowest BCUT2D eigenvalue weighted by molar-refractivity contribution is 1.04. The summed E-state index contributed by atoms with van der Waals surface area (Å²) < 4.78 is 0. The number of hydrogen-bond donors (Lipinski definition) is 1. The van der Waals surface area contributed by atoms with E-state index in [0.717, 1.165) is 5.01 Å². The van der Waals surface area contributed by atoms with Crippen molar-refractivity contribution < 1.29 is 0 Å².